The molecule has 1 unspecified atom stereocenters. The van der Waals surface area contributed by atoms with Gasteiger partial charge in [-0.25, -0.2) is 4.40 Å². The predicted octanol–water partition coefficient (Wildman–Crippen LogP) is 3.15. The minimum absolute atomic E-state index is 0.158. The lowest BCUT2D eigenvalue weighted by atomic mass is 10.1. The van der Waals surface area contributed by atoms with E-state index in [1.54, 1.807) is 4.40 Å². The highest BCUT2D eigenvalue weighted by molar-refractivity contribution is 7.99. The van der Waals surface area contributed by atoms with E-state index in [2.05, 4.69) is 60.0 Å². The number of hydrogen-bond donors (Lipinski definition) is 2. The van der Waals surface area contributed by atoms with Gasteiger partial charge < -0.3 is 15.5 Å². The van der Waals surface area contributed by atoms with E-state index in [9.17, 15) is 4.79 Å². The SMILES string of the molecule is CCNc1nc(NCC)n2c(SCC(=O)N(C3CC3)C3CCc4ccccc43)nnc2n1. The molecule has 32 heavy (non-hydrogen) atoms. The first-order valence-corrected chi connectivity index (χ1v) is 12.3. The molecule has 3 aromatic rings. The molecule has 2 aliphatic carbocycles. The fourth-order valence-corrected chi connectivity index (χ4v) is 5.20. The van der Waals surface area contributed by atoms with Crippen molar-refractivity contribution in [1.82, 2.24) is 29.5 Å². The highest BCUT2D eigenvalue weighted by Gasteiger charge is 2.40. The Morgan fingerprint density at radius 3 is 2.72 bits per heavy atom. The van der Waals surface area contributed by atoms with Gasteiger partial charge in [-0.2, -0.15) is 9.97 Å². The van der Waals surface area contributed by atoms with Crippen LogP contribution in [0.15, 0.2) is 29.4 Å². The molecule has 10 heteroatoms. The second-order valence-corrected chi connectivity index (χ2v) is 9.07. The number of nitrogens with one attached hydrogen (secondary N) is 2. The molecule has 168 valence electrons. The first-order chi connectivity index (χ1) is 15.7. The topological polar surface area (TPSA) is 100 Å². The summed E-state index contributed by atoms with van der Waals surface area (Å²) in [6.07, 6.45) is 4.23. The number of anilines is 2. The number of thioether (sulfide) groups is 1. The number of carbonyl (C=O) groups is 1. The summed E-state index contributed by atoms with van der Waals surface area (Å²) in [4.78, 5) is 24.5. The Labute approximate surface area is 191 Å². The Hall–Kier alpha value is -2.88. The van der Waals surface area contributed by atoms with Crippen LogP contribution in [-0.4, -0.2) is 60.3 Å². The first kappa shape index (κ1) is 21.0. The zero-order valence-electron chi connectivity index (χ0n) is 18.4. The van der Waals surface area contributed by atoms with Crippen LogP contribution in [-0.2, 0) is 11.2 Å². The molecule has 1 saturated carbocycles. The third-order valence-electron chi connectivity index (χ3n) is 5.91. The molecule has 0 radical (unpaired) electrons. The smallest absolute Gasteiger partial charge is 0.261 e. The summed E-state index contributed by atoms with van der Waals surface area (Å²) in [7, 11) is 0. The van der Waals surface area contributed by atoms with Crippen LogP contribution < -0.4 is 10.6 Å². The van der Waals surface area contributed by atoms with E-state index in [1.165, 1.54) is 22.9 Å². The highest BCUT2D eigenvalue weighted by atomic mass is 32.2. The van der Waals surface area contributed by atoms with Gasteiger partial charge in [0, 0.05) is 19.1 Å². The normalized spacial score (nSPS) is 17.4. The lowest BCUT2D eigenvalue weighted by Crippen LogP contribution is -2.37. The molecule has 1 atom stereocenters. The lowest BCUT2D eigenvalue weighted by molar-refractivity contribution is -0.131. The van der Waals surface area contributed by atoms with Crippen molar-refractivity contribution < 1.29 is 4.79 Å². The third-order valence-corrected chi connectivity index (χ3v) is 6.82. The number of amides is 1. The van der Waals surface area contributed by atoms with Crippen LogP contribution in [0.3, 0.4) is 0 Å². The average Bonchev–Trinajstić information content (AvgIpc) is 3.40. The van der Waals surface area contributed by atoms with Crippen LogP contribution >= 0.6 is 11.8 Å². The molecule has 0 spiro atoms. The van der Waals surface area contributed by atoms with Gasteiger partial charge in [-0.3, -0.25) is 4.79 Å². The summed E-state index contributed by atoms with van der Waals surface area (Å²) in [6.45, 7) is 5.42. The summed E-state index contributed by atoms with van der Waals surface area (Å²) in [6, 6.07) is 9.07. The standard InChI is InChI=1S/C22H28N8OS/c1-3-23-19-25-20(24-4-2)30-21(26-19)27-28-22(30)32-13-18(31)29(15-10-11-15)17-12-9-14-7-5-6-8-16(14)17/h5-8,15,17H,3-4,9-13H2,1-2H3,(H2,23,24,25,26,27). The first-order valence-electron chi connectivity index (χ1n) is 11.3. The van der Waals surface area contributed by atoms with Crippen molar-refractivity contribution in [3.63, 3.8) is 0 Å². The molecule has 0 aliphatic heterocycles. The van der Waals surface area contributed by atoms with Crippen molar-refractivity contribution in [3.8, 4) is 0 Å². The van der Waals surface area contributed by atoms with Crippen molar-refractivity contribution in [1.29, 1.82) is 0 Å². The third kappa shape index (κ3) is 3.99. The van der Waals surface area contributed by atoms with Crippen molar-refractivity contribution in [3.05, 3.63) is 35.4 Å². The van der Waals surface area contributed by atoms with Gasteiger partial charge in [-0.15, -0.1) is 10.2 Å². The number of carbonyl (C=O) groups excluding carboxylic acids is 1. The Morgan fingerprint density at radius 1 is 1.12 bits per heavy atom. The van der Waals surface area contributed by atoms with Gasteiger partial charge in [0.05, 0.1) is 11.8 Å². The van der Waals surface area contributed by atoms with E-state index in [1.807, 2.05) is 13.8 Å². The Morgan fingerprint density at radius 2 is 1.94 bits per heavy atom. The molecule has 1 amide bonds. The summed E-state index contributed by atoms with van der Waals surface area (Å²) < 4.78 is 1.79. The van der Waals surface area contributed by atoms with Crippen molar-refractivity contribution >= 4 is 35.3 Å². The number of aromatic nitrogens is 5. The molecule has 2 heterocycles. The second kappa shape index (κ2) is 8.93. The fraction of sp³-hybridized carbons (Fsp3) is 0.500. The lowest BCUT2D eigenvalue weighted by Gasteiger charge is -2.30. The van der Waals surface area contributed by atoms with E-state index < -0.39 is 0 Å². The number of hydrogen-bond acceptors (Lipinski definition) is 8. The van der Waals surface area contributed by atoms with Crippen molar-refractivity contribution in [2.45, 2.75) is 56.8 Å². The Kier molecular flexibility index (Phi) is 5.86. The van der Waals surface area contributed by atoms with Crippen LogP contribution in [0.25, 0.3) is 5.78 Å². The summed E-state index contributed by atoms with van der Waals surface area (Å²) >= 11 is 1.40. The van der Waals surface area contributed by atoms with Crippen molar-refractivity contribution in [2.24, 2.45) is 0 Å². The Balaban J connectivity index is 1.36. The zero-order valence-corrected chi connectivity index (χ0v) is 19.2. The van der Waals surface area contributed by atoms with E-state index in [0.717, 1.165) is 25.7 Å². The quantitative estimate of drug-likeness (QED) is 0.478. The molecule has 5 rings (SSSR count). The van der Waals surface area contributed by atoms with Crippen LogP contribution in [0, 0.1) is 0 Å². The molecule has 0 saturated heterocycles. The maximum atomic E-state index is 13.4. The summed E-state index contributed by atoms with van der Waals surface area (Å²) in [5, 5.41) is 15.5. The van der Waals surface area contributed by atoms with Gasteiger partial charge >= 0.3 is 0 Å². The van der Waals surface area contributed by atoms with E-state index in [4.69, 9.17) is 0 Å². The molecule has 1 fully saturated rings. The maximum Gasteiger partial charge on any atom is 0.261 e. The van der Waals surface area contributed by atoms with Crippen LogP contribution in [0.5, 0.6) is 0 Å². The number of fused-ring (bicyclic) bond motifs is 2. The van der Waals surface area contributed by atoms with E-state index >= 15 is 0 Å². The molecular weight excluding hydrogens is 424 g/mol. The number of rotatable bonds is 9. The zero-order chi connectivity index (χ0) is 22.1. The van der Waals surface area contributed by atoms with Gasteiger partial charge in [-0.05, 0) is 50.7 Å². The maximum absolute atomic E-state index is 13.4. The van der Waals surface area contributed by atoms with Gasteiger partial charge in [0.2, 0.25) is 17.8 Å². The monoisotopic (exact) mass is 452 g/mol. The van der Waals surface area contributed by atoms with Crippen LogP contribution in [0.2, 0.25) is 0 Å². The molecule has 0 bridgehead atoms. The molecule has 1 aromatic carbocycles. The van der Waals surface area contributed by atoms with Gasteiger partial charge in [0.1, 0.15) is 0 Å². The average molecular weight is 453 g/mol. The number of aryl methyl sites for hydroxylation is 1. The molecular formula is C22H28N8OS. The van der Waals surface area contributed by atoms with Crippen LogP contribution in [0.4, 0.5) is 11.9 Å². The van der Waals surface area contributed by atoms with E-state index in [0.29, 0.717) is 47.7 Å². The molecule has 2 N–H and O–H groups in total. The second-order valence-electron chi connectivity index (χ2n) is 8.12. The summed E-state index contributed by atoms with van der Waals surface area (Å²) in [5.41, 5.74) is 2.68. The molecule has 9 nitrogen and oxygen atoms in total. The minimum Gasteiger partial charge on any atom is -0.355 e. The van der Waals surface area contributed by atoms with Crippen molar-refractivity contribution in [2.75, 3.05) is 29.5 Å². The van der Waals surface area contributed by atoms with E-state index in [-0.39, 0.29) is 11.9 Å². The predicted molar refractivity (Wildman–Crippen MR) is 125 cm³/mol. The molecule has 2 aromatic heterocycles. The summed E-state index contributed by atoms with van der Waals surface area (Å²) in [5.74, 6) is 2.07. The van der Waals surface area contributed by atoms with Gasteiger partial charge in [0.15, 0.2) is 5.16 Å². The fourth-order valence-electron chi connectivity index (χ4n) is 4.41. The number of benzene rings is 1. The highest BCUT2D eigenvalue weighted by Crippen LogP contribution is 2.42. The van der Waals surface area contributed by atoms with Crippen LogP contribution in [0.1, 0.15) is 50.3 Å². The van der Waals surface area contributed by atoms with Gasteiger partial charge in [-0.1, -0.05) is 36.0 Å². The molecule has 2 aliphatic rings. The number of nitrogens with zero attached hydrogens (tertiary/aromatic N) is 6. The minimum atomic E-state index is 0.158. The van der Waals surface area contributed by atoms with Gasteiger partial charge in [0.25, 0.3) is 5.78 Å². The largest absolute Gasteiger partial charge is 0.355 e. The Bertz CT molecular complexity index is 1130.